The standard InChI is InChI=1S/C20H17BrN2O3/c1-26-16-9-8-12(17(21)18(16)24)11-13-5-4-10-23-19(13)22-15-7-3-2-6-14(15)20(23)25/h2-3,6-9,11,24H,4-5,10H2,1H3/b13-11+. The molecule has 6 heteroatoms. The number of fused-ring (bicyclic) bond motifs is 2. The molecule has 0 aliphatic carbocycles. The Morgan fingerprint density at radius 1 is 1.27 bits per heavy atom. The van der Waals surface area contributed by atoms with E-state index in [4.69, 9.17) is 9.72 Å². The van der Waals surface area contributed by atoms with Crippen LogP contribution in [0.4, 0.5) is 0 Å². The van der Waals surface area contributed by atoms with Crippen LogP contribution in [0.1, 0.15) is 24.2 Å². The first kappa shape index (κ1) is 16.8. The summed E-state index contributed by atoms with van der Waals surface area (Å²) in [6.07, 6.45) is 3.66. The molecule has 1 aliphatic heterocycles. The van der Waals surface area contributed by atoms with Gasteiger partial charge in [-0.2, -0.15) is 0 Å². The van der Waals surface area contributed by atoms with Crippen molar-refractivity contribution in [3.63, 3.8) is 0 Å². The molecule has 132 valence electrons. The van der Waals surface area contributed by atoms with Crippen LogP contribution in [0, 0.1) is 0 Å². The Labute approximate surface area is 158 Å². The fraction of sp³-hybridized carbons (Fsp3) is 0.200. The van der Waals surface area contributed by atoms with Gasteiger partial charge in [-0.25, -0.2) is 4.98 Å². The molecule has 4 rings (SSSR count). The zero-order valence-corrected chi connectivity index (χ0v) is 15.8. The molecular weight excluding hydrogens is 396 g/mol. The lowest BCUT2D eigenvalue weighted by molar-refractivity contribution is 0.372. The molecule has 26 heavy (non-hydrogen) atoms. The van der Waals surface area contributed by atoms with Crippen LogP contribution in [-0.2, 0) is 6.54 Å². The van der Waals surface area contributed by atoms with Crippen molar-refractivity contribution in [3.05, 3.63) is 62.6 Å². The fourth-order valence-corrected chi connectivity index (χ4v) is 3.77. The molecule has 2 aromatic carbocycles. The second kappa shape index (κ2) is 6.61. The van der Waals surface area contributed by atoms with Gasteiger partial charge in [-0.15, -0.1) is 0 Å². The van der Waals surface area contributed by atoms with E-state index in [1.54, 1.807) is 10.6 Å². The Bertz CT molecular complexity index is 1100. The Kier molecular flexibility index (Phi) is 4.28. The van der Waals surface area contributed by atoms with Gasteiger partial charge in [0, 0.05) is 6.54 Å². The summed E-state index contributed by atoms with van der Waals surface area (Å²) in [5.74, 6) is 1.16. The average molecular weight is 413 g/mol. The maximum atomic E-state index is 12.8. The molecular formula is C20H17BrN2O3. The van der Waals surface area contributed by atoms with Crippen molar-refractivity contribution in [1.29, 1.82) is 0 Å². The number of benzene rings is 2. The molecule has 1 N–H and O–H groups in total. The molecule has 5 nitrogen and oxygen atoms in total. The van der Waals surface area contributed by atoms with Crippen LogP contribution < -0.4 is 10.3 Å². The lowest BCUT2D eigenvalue weighted by Gasteiger charge is -2.21. The minimum Gasteiger partial charge on any atom is -0.503 e. The normalized spacial score (nSPS) is 15.2. The van der Waals surface area contributed by atoms with Crippen LogP contribution in [0.2, 0.25) is 0 Å². The van der Waals surface area contributed by atoms with E-state index >= 15 is 0 Å². The van der Waals surface area contributed by atoms with Gasteiger partial charge in [0.15, 0.2) is 11.5 Å². The van der Waals surface area contributed by atoms with E-state index in [1.807, 2.05) is 36.4 Å². The summed E-state index contributed by atoms with van der Waals surface area (Å²) < 4.78 is 7.44. The SMILES string of the molecule is COc1ccc(/C=C2\CCCn3c2nc2ccccc2c3=O)c(Br)c1O. The number of aromatic hydroxyl groups is 1. The Morgan fingerprint density at radius 3 is 2.88 bits per heavy atom. The zero-order valence-electron chi connectivity index (χ0n) is 14.2. The van der Waals surface area contributed by atoms with Gasteiger partial charge in [-0.3, -0.25) is 9.36 Å². The number of aromatic nitrogens is 2. The molecule has 0 fully saturated rings. The van der Waals surface area contributed by atoms with E-state index < -0.39 is 0 Å². The lowest BCUT2D eigenvalue weighted by atomic mass is 10.0. The number of nitrogens with zero attached hydrogens (tertiary/aromatic N) is 2. The van der Waals surface area contributed by atoms with Crippen LogP contribution >= 0.6 is 15.9 Å². The van der Waals surface area contributed by atoms with E-state index in [1.165, 1.54) is 7.11 Å². The van der Waals surface area contributed by atoms with Gasteiger partial charge in [0.25, 0.3) is 5.56 Å². The van der Waals surface area contributed by atoms with Crippen molar-refractivity contribution < 1.29 is 9.84 Å². The summed E-state index contributed by atoms with van der Waals surface area (Å²) in [6.45, 7) is 0.665. The first-order valence-corrected chi connectivity index (χ1v) is 9.15. The first-order chi connectivity index (χ1) is 12.6. The van der Waals surface area contributed by atoms with Crippen molar-refractivity contribution in [2.75, 3.05) is 7.11 Å². The maximum absolute atomic E-state index is 12.8. The average Bonchev–Trinajstić information content (AvgIpc) is 2.66. The van der Waals surface area contributed by atoms with Gasteiger partial charge in [0.05, 0.1) is 22.5 Å². The van der Waals surface area contributed by atoms with Gasteiger partial charge < -0.3 is 9.84 Å². The molecule has 3 aromatic rings. The van der Waals surface area contributed by atoms with Crippen molar-refractivity contribution >= 4 is 38.5 Å². The molecule has 1 aromatic heterocycles. The molecule has 0 amide bonds. The number of allylic oxidation sites excluding steroid dienone is 1. The summed E-state index contributed by atoms with van der Waals surface area (Å²) >= 11 is 3.43. The molecule has 1 aliphatic rings. The van der Waals surface area contributed by atoms with Gasteiger partial charge >= 0.3 is 0 Å². The van der Waals surface area contributed by atoms with Crippen molar-refractivity contribution in [2.45, 2.75) is 19.4 Å². The highest BCUT2D eigenvalue weighted by Gasteiger charge is 2.19. The maximum Gasteiger partial charge on any atom is 0.261 e. The molecule has 0 unspecified atom stereocenters. The highest BCUT2D eigenvalue weighted by molar-refractivity contribution is 9.10. The molecule has 0 bridgehead atoms. The summed E-state index contributed by atoms with van der Waals surface area (Å²) in [5, 5.41) is 10.9. The third-order valence-electron chi connectivity index (χ3n) is 4.64. The number of hydrogen-bond donors (Lipinski definition) is 1. The summed E-state index contributed by atoms with van der Waals surface area (Å²) in [7, 11) is 1.51. The number of ether oxygens (including phenoxy) is 1. The molecule has 0 atom stereocenters. The number of phenols is 1. The summed E-state index contributed by atoms with van der Waals surface area (Å²) in [6, 6.07) is 11.0. The monoisotopic (exact) mass is 412 g/mol. The third kappa shape index (κ3) is 2.70. The number of halogens is 1. The Morgan fingerprint density at radius 2 is 2.08 bits per heavy atom. The van der Waals surface area contributed by atoms with Crippen LogP contribution in [0.3, 0.4) is 0 Å². The highest BCUT2D eigenvalue weighted by atomic mass is 79.9. The minimum absolute atomic E-state index is 0.00663. The van der Waals surface area contributed by atoms with E-state index in [0.717, 1.165) is 24.0 Å². The Balaban J connectivity index is 1.90. The zero-order chi connectivity index (χ0) is 18.3. The van der Waals surface area contributed by atoms with Crippen LogP contribution in [0.25, 0.3) is 22.6 Å². The molecule has 0 radical (unpaired) electrons. The molecule has 0 spiro atoms. The molecule has 0 saturated heterocycles. The van der Waals surface area contributed by atoms with Crippen molar-refractivity contribution in [1.82, 2.24) is 9.55 Å². The van der Waals surface area contributed by atoms with Crippen LogP contribution in [0.5, 0.6) is 11.5 Å². The number of rotatable bonds is 2. The third-order valence-corrected chi connectivity index (χ3v) is 5.47. The van der Waals surface area contributed by atoms with E-state index in [2.05, 4.69) is 15.9 Å². The molecule has 0 saturated carbocycles. The van der Waals surface area contributed by atoms with Gasteiger partial charge in [0.1, 0.15) is 5.82 Å². The first-order valence-electron chi connectivity index (χ1n) is 8.36. The Hall–Kier alpha value is -2.60. The largest absolute Gasteiger partial charge is 0.503 e. The van der Waals surface area contributed by atoms with Crippen molar-refractivity contribution in [2.24, 2.45) is 0 Å². The fourth-order valence-electron chi connectivity index (χ4n) is 3.32. The van der Waals surface area contributed by atoms with Gasteiger partial charge in [-0.05, 0) is 70.2 Å². The lowest BCUT2D eigenvalue weighted by Crippen LogP contribution is -2.27. The minimum atomic E-state index is -0.00663. The summed E-state index contributed by atoms with van der Waals surface area (Å²) in [5.41, 5.74) is 2.49. The predicted molar refractivity (Wildman–Crippen MR) is 105 cm³/mol. The number of para-hydroxylation sites is 1. The van der Waals surface area contributed by atoms with E-state index in [9.17, 15) is 9.90 Å². The smallest absolute Gasteiger partial charge is 0.261 e. The van der Waals surface area contributed by atoms with Crippen molar-refractivity contribution in [3.8, 4) is 11.5 Å². The van der Waals surface area contributed by atoms with Gasteiger partial charge in [0.2, 0.25) is 0 Å². The topological polar surface area (TPSA) is 64.4 Å². The predicted octanol–water partition coefficient (Wildman–Crippen LogP) is 4.21. The number of hydrogen-bond acceptors (Lipinski definition) is 4. The second-order valence-corrected chi connectivity index (χ2v) is 7.00. The molecule has 2 heterocycles. The van der Waals surface area contributed by atoms with Crippen LogP contribution in [-0.4, -0.2) is 21.8 Å². The van der Waals surface area contributed by atoms with E-state index in [0.29, 0.717) is 33.5 Å². The van der Waals surface area contributed by atoms with E-state index in [-0.39, 0.29) is 11.3 Å². The second-order valence-electron chi connectivity index (χ2n) is 6.20. The number of phenolic OH excluding ortho intramolecular Hbond substituents is 1. The van der Waals surface area contributed by atoms with Gasteiger partial charge in [-0.1, -0.05) is 12.1 Å². The highest BCUT2D eigenvalue weighted by Crippen LogP contribution is 2.38. The van der Waals surface area contributed by atoms with Crippen LogP contribution in [0.15, 0.2) is 45.7 Å². The summed E-state index contributed by atoms with van der Waals surface area (Å²) in [4.78, 5) is 17.5. The quantitative estimate of drug-likeness (QED) is 0.684. The number of methoxy groups -OCH3 is 1.